The first-order valence-electron chi connectivity index (χ1n) is 11.8. The second-order valence-electron chi connectivity index (χ2n) is 9.48. The Kier molecular flexibility index (Phi) is 5.25. The summed E-state index contributed by atoms with van der Waals surface area (Å²) in [6, 6.07) is 12.5. The van der Waals surface area contributed by atoms with Crippen molar-refractivity contribution in [3.05, 3.63) is 76.7 Å². The van der Waals surface area contributed by atoms with E-state index in [9.17, 15) is 9.90 Å². The molecule has 0 spiro atoms. The van der Waals surface area contributed by atoms with Gasteiger partial charge in [-0.2, -0.15) is 10.8 Å². The van der Waals surface area contributed by atoms with Gasteiger partial charge in [0.05, 0.1) is 40.0 Å². The van der Waals surface area contributed by atoms with Crippen molar-refractivity contribution >= 4 is 40.3 Å². The number of aryl methyl sites for hydroxylation is 1. The van der Waals surface area contributed by atoms with E-state index in [0.29, 0.717) is 12.8 Å². The molecule has 0 saturated heterocycles. The minimum Gasteiger partial charge on any atom is -0.481 e. The third kappa shape index (κ3) is 3.65. The highest BCUT2D eigenvalue weighted by atomic mass is 32.1. The van der Waals surface area contributed by atoms with Crippen LogP contribution in [0.1, 0.15) is 36.8 Å². The lowest BCUT2D eigenvalue weighted by Crippen LogP contribution is -2.53. The molecule has 1 fully saturated rings. The first-order chi connectivity index (χ1) is 16.9. The number of carboxylic acids is 1. The number of fused-ring (bicyclic) bond motifs is 2. The van der Waals surface area contributed by atoms with Crippen LogP contribution in [0.3, 0.4) is 0 Å². The summed E-state index contributed by atoms with van der Waals surface area (Å²) in [6.07, 6.45) is 8.25. The number of rotatable bonds is 4. The SMILES string of the molecule is Cc1cc(-c2cccs2)nc2cc(C3=NC(C4CCC(C(=O)O)CC4)=C4C=NC=C[N+]34N)ccc12. The number of pyridine rings is 1. The molecule has 0 radical (unpaired) electrons. The summed E-state index contributed by atoms with van der Waals surface area (Å²) in [4.78, 5) is 27.0. The zero-order chi connectivity index (χ0) is 24.2. The standard InChI is InChI=1S/C27H25N5O2S/c1-16-13-22(24-3-2-12-35-24)30-21-14-19(8-9-20(16)21)26-31-25(23-15-29-10-11-32(23,26)28)17-4-6-18(7-5-17)27(33)34/h2-3,8-15,17-18H,4-7,28H2,1H3/p+1. The van der Waals surface area contributed by atoms with Crippen molar-refractivity contribution < 1.29 is 14.5 Å². The summed E-state index contributed by atoms with van der Waals surface area (Å²) in [5, 5.41) is 12.6. The van der Waals surface area contributed by atoms with Gasteiger partial charge in [0.15, 0.2) is 0 Å². The lowest BCUT2D eigenvalue weighted by molar-refractivity contribution is -0.750. The van der Waals surface area contributed by atoms with Crippen LogP contribution in [0.4, 0.5) is 0 Å². The van der Waals surface area contributed by atoms with Gasteiger partial charge in [-0.25, -0.2) is 4.98 Å². The molecule has 1 unspecified atom stereocenters. The van der Waals surface area contributed by atoms with Crippen molar-refractivity contribution in [3.63, 3.8) is 0 Å². The average molecular weight is 485 g/mol. The van der Waals surface area contributed by atoms with E-state index in [2.05, 4.69) is 47.6 Å². The summed E-state index contributed by atoms with van der Waals surface area (Å²) in [5.41, 5.74) is 5.75. The number of carboxylic acid groups (broad SMARTS) is 1. The minimum absolute atomic E-state index is 0.0349. The van der Waals surface area contributed by atoms with E-state index in [0.717, 1.165) is 57.1 Å². The normalized spacial score (nSPS) is 25.7. The molecule has 3 aromatic rings. The van der Waals surface area contributed by atoms with Crippen LogP contribution in [0, 0.1) is 18.8 Å². The molecule has 2 aromatic heterocycles. The van der Waals surface area contributed by atoms with Crippen LogP contribution < -0.4 is 5.84 Å². The molecule has 4 heterocycles. The Morgan fingerprint density at radius 1 is 1.17 bits per heavy atom. The van der Waals surface area contributed by atoms with E-state index >= 15 is 0 Å². The Bertz CT molecular complexity index is 1460. The topological polar surface area (TPSA) is 101 Å². The maximum absolute atomic E-state index is 11.4. The Balaban J connectivity index is 1.41. The van der Waals surface area contributed by atoms with Gasteiger partial charge < -0.3 is 5.11 Å². The Morgan fingerprint density at radius 2 is 2.00 bits per heavy atom. The van der Waals surface area contributed by atoms with Crippen molar-refractivity contribution in [2.45, 2.75) is 32.6 Å². The van der Waals surface area contributed by atoms with Gasteiger partial charge in [0, 0.05) is 11.3 Å². The van der Waals surface area contributed by atoms with Gasteiger partial charge in [-0.15, -0.1) is 15.9 Å². The number of nitrogens with two attached hydrogens (primary N) is 1. The highest BCUT2D eigenvalue weighted by Gasteiger charge is 2.46. The van der Waals surface area contributed by atoms with Gasteiger partial charge in [0.2, 0.25) is 5.70 Å². The largest absolute Gasteiger partial charge is 0.481 e. The fraction of sp³-hybridized carbons (Fsp3) is 0.259. The second kappa shape index (κ2) is 8.34. The van der Waals surface area contributed by atoms with E-state index in [1.54, 1.807) is 23.8 Å². The smallest absolute Gasteiger partial charge is 0.306 e. The summed E-state index contributed by atoms with van der Waals surface area (Å²) in [5.74, 6) is 6.88. The molecule has 35 heavy (non-hydrogen) atoms. The molecule has 0 amide bonds. The van der Waals surface area contributed by atoms with E-state index < -0.39 is 5.97 Å². The molecule has 3 N–H and O–H groups in total. The summed E-state index contributed by atoms with van der Waals surface area (Å²) in [7, 11) is 0. The third-order valence-electron chi connectivity index (χ3n) is 7.33. The molecule has 1 aromatic carbocycles. The highest BCUT2D eigenvalue weighted by molar-refractivity contribution is 7.13. The molecule has 6 rings (SSSR count). The Morgan fingerprint density at radius 3 is 2.74 bits per heavy atom. The first kappa shape index (κ1) is 22.0. The first-order valence-corrected chi connectivity index (χ1v) is 12.7. The monoisotopic (exact) mass is 484 g/mol. The van der Waals surface area contributed by atoms with Crippen LogP contribution in [0.5, 0.6) is 0 Å². The fourth-order valence-electron chi connectivity index (χ4n) is 5.41. The van der Waals surface area contributed by atoms with E-state index in [1.807, 2.05) is 12.3 Å². The maximum Gasteiger partial charge on any atom is 0.306 e. The molecule has 176 valence electrons. The maximum atomic E-state index is 11.4. The van der Waals surface area contributed by atoms with Crippen molar-refractivity contribution in [3.8, 4) is 10.6 Å². The molecule has 1 atom stereocenters. The summed E-state index contributed by atoms with van der Waals surface area (Å²) < 4.78 is -0.0349. The number of aliphatic imine (C=N–C) groups is 2. The van der Waals surface area contributed by atoms with Crippen LogP contribution in [-0.4, -0.2) is 32.7 Å². The van der Waals surface area contributed by atoms with Gasteiger partial charge in [-0.1, -0.05) is 12.1 Å². The van der Waals surface area contributed by atoms with Crippen molar-refractivity contribution in [2.24, 2.45) is 27.7 Å². The highest BCUT2D eigenvalue weighted by Crippen LogP contribution is 2.41. The van der Waals surface area contributed by atoms with E-state index in [4.69, 9.17) is 15.8 Å². The number of allylic oxidation sites excluding steroid dienone is 2. The number of nitrogens with zero attached hydrogens (tertiary/aromatic N) is 4. The number of thiophene rings is 1. The number of benzene rings is 1. The van der Waals surface area contributed by atoms with Crippen molar-refractivity contribution in [1.29, 1.82) is 0 Å². The van der Waals surface area contributed by atoms with E-state index in [-0.39, 0.29) is 16.4 Å². The van der Waals surface area contributed by atoms with Crippen LogP contribution >= 0.6 is 11.3 Å². The number of amidine groups is 1. The minimum atomic E-state index is -0.705. The molecule has 1 saturated carbocycles. The van der Waals surface area contributed by atoms with Gasteiger partial charge >= 0.3 is 5.97 Å². The number of aromatic nitrogens is 1. The number of hydrogen-bond acceptors (Lipinski definition) is 6. The molecule has 7 nitrogen and oxygen atoms in total. The molecular formula is C27H26N5O2S+. The van der Waals surface area contributed by atoms with Gasteiger partial charge in [0.1, 0.15) is 11.9 Å². The summed E-state index contributed by atoms with van der Waals surface area (Å²) in [6.45, 7) is 2.11. The number of carbonyl (C=O) groups is 1. The molecule has 8 heteroatoms. The van der Waals surface area contributed by atoms with Crippen molar-refractivity contribution in [2.75, 3.05) is 0 Å². The predicted octanol–water partition coefficient (Wildman–Crippen LogP) is 5.38. The van der Waals surface area contributed by atoms with E-state index in [1.165, 1.54) is 5.56 Å². The quantitative estimate of drug-likeness (QED) is 0.383. The average Bonchev–Trinajstić information content (AvgIpc) is 3.50. The van der Waals surface area contributed by atoms with Crippen LogP contribution in [0.2, 0.25) is 0 Å². The van der Waals surface area contributed by atoms with Gasteiger partial charge in [-0.3, -0.25) is 9.79 Å². The number of aliphatic carboxylic acids is 1. The van der Waals surface area contributed by atoms with Crippen LogP contribution in [0.25, 0.3) is 21.5 Å². The zero-order valence-corrected chi connectivity index (χ0v) is 20.2. The number of quaternary nitrogens is 1. The molecular weight excluding hydrogens is 458 g/mol. The fourth-order valence-corrected chi connectivity index (χ4v) is 6.10. The van der Waals surface area contributed by atoms with Crippen LogP contribution in [-0.2, 0) is 4.79 Å². The van der Waals surface area contributed by atoms with Gasteiger partial charge in [-0.05, 0) is 67.8 Å². The molecule has 0 bridgehead atoms. The predicted molar refractivity (Wildman–Crippen MR) is 139 cm³/mol. The zero-order valence-electron chi connectivity index (χ0n) is 19.4. The molecule has 2 aliphatic heterocycles. The summed E-state index contributed by atoms with van der Waals surface area (Å²) >= 11 is 1.68. The molecule has 3 aliphatic rings. The van der Waals surface area contributed by atoms with Crippen LogP contribution in [0.15, 0.2) is 75.6 Å². The Hall–Kier alpha value is -3.46. The Labute approximate surface area is 207 Å². The second-order valence-corrected chi connectivity index (χ2v) is 10.4. The number of hydrogen-bond donors (Lipinski definition) is 2. The molecule has 1 aliphatic carbocycles. The third-order valence-corrected chi connectivity index (χ3v) is 8.23. The van der Waals surface area contributed by atoms with Crippen molar-refractivity contribution in [1.82, 2.24) is 4.98 Å². The lowest BCUT2D eigenvalue weighted by atomic mass is 9.80. The van der Waals surface area contributed by atoms with Gasteiger partial charge in [0.25, 0.3) is 5.84 Å². The lowest BCUT2D eigenvalue weighted by Gasteiger charge is -2.28.